The van der Waals surface area contributed by atoms with E-state index in [1.807, 2.05) is 42.4 Å². The van der Waals surface area contributed by atoms with Gasteiger partial charge in [0, 0.05) is 43.8 Å². The van der Waals surface area contributed by atoms with E-state index in [1.54, 1.807) is 6.20 Å². The highest BCUT2D eigenvalue weighted by molar-refractivity contribution is 5.94. The van der Waals surface area contributed by atoms with Crippen molar-refractivity contribution in [2.45, 2.75) is 13.1 Å². The molecule has 5 heteroatoms. The van der Waals surface area contributed by atoms with Gasteiger partial charge in [-0.05, 0) is 24.3 Å². The van der Waals surface area contributed by atoms with Crippen LogP contribution in [-0.2, 0) is 13.1 Å². The molecule has 0 fully saturated rings. The number of nitrogens with zero attached hydrogens (tertiary/aromatic N) is 3. The van der Waals surface area contributed by atoms with Crippen LogP contribution in [0, 0.1) is 0 Å². The summed E-state index contributed by atoms with van der Waals surface area (Å²) in [7, 11) is 1.86. The number of carbonyl (C=O) groups is 1. The molecule has 0 saturated carbocycles. The van der Waals surface area contributed by atoms with Gasteiger partial charge in [0.2, 0.25) is 0 Å². The van der Waals surface area contributed by atoms with Crippen LogP contribution in [0.4, 0.5) is 5.69 Å². The number of rotatable bonds is 2. The molecule has 1 N–H and O–H groups in total. The van der Waals surface area contributed by atoms with Crippen molar-refractivity contribution in [1.29, 1.82) is 0 Å². The van der Waals surface area contributed by atoms with Crippen LogP contribution in [0.2, 0.25) is 0 Å². The lowest BCUT2D eigenvalue weighted by Crippen LogP contribution is -2.38. The van der Waals surface area contributed by atoms with E-state index in [4.69, 9.17) is 0 Å². The Balaban J connectivity index is 1.77. The number of aromatic nitrogens is 2. The van der Waals surface area contributed by atoms with Crippen LogP contribution in [0.5, 0.6) is 0 Å². The first-order chi connectivity index (χ1) is 9.28. The number of carbonyl (C=O) groups excluding carboxylic acids is 1. The molecule has 1 amide bonds. The lowest BCUT2D eigenvalue weighted by Gasteiger charge is -2.27. The normalized spacial score (nSPS) is 14.1. The lowest BCUT2D eigenvalue weighted by molar-refractivity contribution is 0.0707. The lowest BCUT2D eigenvalue weighted by atomic mass is 10.1. The highest BCUT2D eigenvalue weighted by Gasteiger charge is 2.21. The van der Waals surface area contributed by atoms with Crippen LogP contribution in [0.15, 0.2) is 36.7 Å². The molecule has 2 aromatic rings. The van der Waals surface area contributed by atoms with E-state index in [9.17, 15) is 4.79 Å². The molecule has 1 aromatic heterocycles. The summed E-state index contributed by atoms with van der Waals surface area (Å²) in [5, 5.41) is 3.04. The Morgan fingerprint density at radius 1 is 1.26 bits per heavy atom. The maximum atomic E-state index is 12.4. The molecule has 5 nitrogen and oxygen atoms in total. The first kappa shape index (κ1) is 11.8. The van der Waals surface area contributed by atoms with Gasteiger partial charge in [-0.3, -0.25) is 4.79 Å². The highest BCUT2D eigenvalue weighted by Crippen LogP contribution is 2.15. The summed E-state index contributed by atoms with van der Waals surface area (Å²) < 4.78 is 2.09. The van der Waals surface area contributed by atoms with E-state index in [0.717, 1.165) is 30.2 Å². The third-order valence-corrected chi connectivity index (χ3v) is 3.45. The van der Waals surface area contributed by atoms with Crippen LogP contribution in [0.25, 0.3) is 0 Å². The summed E-state index contributed by atoms with van der Waals surface area (Å²) in [6.07, 6.45) is 3.74. The molecule has 0 unspecified atom stereocenters. The molecule has 1 aliphatic rings. The Morgan fingerprint density at radius 3 is 2.79 bits per heavy atom. The van der Waals surface area contributed by atoms with Gasteiger partial charge in [0.25, 0.3) is 5.91 Å². The SMILES string of the molecule is CNc1ccc(C(=O)N2CCn3ccnc3C2)cc1. The van der Waals surface area contributed by atoms with Gasteiger partial charge in [0.15, 0.2) is 0 Å². The number of hydrogen-bond donors (Lipinski definition) is 1. The fraction of sp³-hybridized carbons (Fsp3) is 0.286. The largest absolute Gasteiger partial charge is 0.388 e. The number of amides is 1. The van der Waals surface area contributed by atoms with Crippen LogP contribution < -0.4 is 5.32 Å². The molecule has 1 aromatic carbocycles. The number of imidazole rings is 1. The summed E-state index contributed by atoms with van der Waals surface area (Å²) in [6, 6.07) is 7.54. The van der Waals surface area contributed by atoms with Crippen molar-refractivity contribution < 1.29 is 4.79 Å². The summed E-state index contributed by atoms with van der Waals surface area (Å²) in [6.45, 7) is 2.13. The van der Waals surface area contributed by atoms with Crippen LogP contribution in [0.1, 0.15) is 16.2 Å². The van der Waals surface area contributed by atoms with E-state index >= 15 is 0 Å². The Bertz CT molecular complexity index is 588. The van der Waals surface area contributed by atoms with E-state index < -0.39 is 0 Å². The first-order valence-electron chi connectivity index (χ1n) is 6.35. The zero-order valence-electron chi connectivity index (χ0n) is 10.8. The van der Waals surface area contributed by atoms with Gasteiger partial charge in [0.1, 0.15) is 5.82 Å². The minimum atomic E-state index is 0.0666. The second kappa shape index (κ2) is 4.76. The van der Waals surface area contributed by atoms with Gasteiger partial charge < -0.3 is 14.8 Å². The molecule has 0 spiro atoms. The molecular formula is C14H16N4O. The maximum absolute atomic E-state index is 12.4. The Morgan fingerprint density at radius 2 is 2.05 bits per heavy atom. The van der Waals surface area contributed by atoms with Crippen molar-refractivity contribution in [3.05, 3.63) is 48.0 Å². The molecule has 0 aliphatic carbocycles. The number of nitrogens with one attached hydrogen (secondary N) is 1. The number of anilines is 1. The Kier molecular flexibility index (Phi) is 2.95. The minimum Gasteiger partial charge on any atom is -0.388 e. The Labute approximate surface area is 111 Å². The van der Waals surface area contributed by atoms with Crippen LogP contribution in [0.3, 0.4) is 0 Å². The molecule has 1 aliphatic heterocycles. The smallest absolute Gasteiger partial charge is 0.254 e. The van der Waals surface area contributed by atoms with E-state index in [0.29, 0.717) is 6.54 Å². The van der Waals surface area contributed by atoms with Gasteiger partial charge >= 0.3 is 0 Å². The first-order valence-corrected chi connectivity index (χ1v) is 6.35. The summed E-state index contributed by atoms with van der Waals surface area (Å²) in [5.41, 5.74) is 1.73. The minimum absolute atomic E-state index is 0.0666. The fourth-order valence-electron chi connectivity index (χ4n) is 2.31. The molecule has 0 radical (unpaired) electrons. The topological polar surface area (TPSA) is 50.2 Å². The van der Waals surface area contributed by atoms with Crippen molar-refractivity contribution in [2.24, 2.45) is 0 Å². The van der Waals surface area contributed by atoms with Crippen LogP contribution >= 0.6 is 0 Å². The van der Waals surface area contributed by atoms with Gasteiger partial charge in [-0.15, -0.1) is 0 Å². The molecular weight excluding hydrogens is 240 g/mol. The van der Waals surface area contributed by atoms with Gasteiger partial charge in [0.05, 0.1) is 6.54 Å². The quantitative estimate of drug-likeness (QED) is 0.887. The maximum Gasteiger partial charge on any atom is 0.254 e. The zero-order valence-corrected chi connectivity index (χ0v) is 10.8. The third-order valence-electron chi connectivity index (χ3n) is 3.45. The van der Waals surface area contributed by atoms with Crippen molar-refractivity contribution in [3.8, 4) is 0 Å². The number of hydrogen-bond acceptors (Lipinski definition) is 3. The third kappa shape index (κ3) is 2.19. The second-order valence-electron chi connectivity index (χ2n) is 4.59. The average Bonchev–Trinajstić information content (AvgIpc) is 2.94. The molecule has 98 valence electrons. The van der Waals surface area contributed by atoms with Gasteiger partial charge in [-0.1, -0.05) is 0 Å². The van der Waals surface area contributed by atoms with Crippen molar-refractivity contribution >= 4 is 11.6 Å². The number of benzene rings is 1. The summed E-state index contributed by atoms with van der Waals surface area (Å²) in [4.78, 5) is 18.5. The fourth-order valence-corrected chi connectivity index (χ4v) is 2.31. The molecule has 0 bridgehead atoms. The molecule has 0 atom stereocenters. The van der Waals surface area contributed by atoms with Crippen LogP contribution in [-0.4, -0.2) is 34.0 Å². The monoisotopic (exact) mass is 256 g/mol. The van der Waals surface area contributed by atoms with E-state index in [1.165, 1.54) is 0 Å². The predicted octanol–water partition coefficient (Wildman–Crippen LogP) is 1.58. The summed E-state index contributed by atoms with van der Waals surface area (Å²) >= 11 is 0. The highest BCUT2D eigenvalue weighted by atomic mass is 16.2. The van der Waals surface area contributed by atoms with E-state index in [-0.39, 0.29) is 5.91 Å². The summed E-state index contributed by atoms with van der Waals surface area (Å²) in [5.74, 6) is 1.02. The molecule has 19 heavy (non-hydrogen) atoms. The van der Waals surface area contributed by atoms with Crippen molar-refractivity contribution in [2.75, 3.05) is 18.9 Å². The standard InChI is InChI=1S/C14H16N4O/c1-15-12-4-2-11(3-5-12)14(19)18-9-8-17-7-6-16-13(17)10-18/h2-7,15H,8-10H2,1H3. The van der Waals surface area contributed by atoms with Crippen molar-refractivity contribution in [3.63, 3.8) is 0 Å². The van der Waals surface area contributed by atoms with Gasteiger partial charge in [-0.2, -0.15) is 0 Å². The predicted molar refractivity (Wildman–Crippen MR) is 73.0 cm³/mol. The van der Waals surface area contributed by atoms with E-state index in [2.05, 4.69) is 14.9 Å². The van der Waals surface area contributed by atoms with Crippen molar-refractivity contribution in [1.82, 2.24) is 14.5 Å². The second-order valence-corrected chi connectivity index (χ2v) is 4.59. The average molecular weight is 256 g/mol. The zero-order chi connectivity index (χ0) is 13.2. The van der Waals surface area contributed by atoms with Gasteiger partial charge in [-0.25, -0.2) is 4.98 Å². The number of fused-ring (bicyclic) bond motifs is 1. The Hall–Kier alpha value is -2.30. The molecule has 3 rings (SSSR count). The molecule has 0 saturated heterocycles. The molecule has 2 heterocycles.